The molecular formula is C19H15F3N4O4. The van der Waals surface area contributed by atoms with Crippen molar-refractivity contribution in [2.24, 2.45) is 0 Å². The molecule has 0 saturated carbocycles. The van der Waals surface area contributed by atoms with Crippen molar-refractivity contribution >= 4 is 17.3 Å². The Labute approximate surface area is 168 Å². The molecule has 30 heavy (non-hydrogen) atoms. The van der Waals surface area contributed by atoms with Gasteiger partial charge in [0.1, 0.15) is 5.75 Å². The largest absolute Gasteiger partial charge is 0.495 e. The molecule has 0 aliphatic rings. The van der Waals surface area contributed by atoms with E-state index in [1.807, 2.05) is 0 Å². The third-order valence-corrected chi connectivity index (χ3v) is 4.20. The summed E-state index contributed by atoms with van der Waals surface area (Å²) in [6.45, 7) is 1.78. The Hall–Kier alpha value is -3.89. The van der Waals surface area contributed by atoms with E-state index in [1.165, 1.54) is 25.3 Å². The van der Waals surface area contributed by atoms with Gasteiger partial charge in [0.2, 0.25) is 0 Å². The molecule has 0 radical (unpaired) electrons. The molecule has 1 aromatic heterocycles. The Kier molecular flexibility index (Phi) is 5.45. The van der Waals surface area contributed by atoms with E-state index < -0.39 is 28.3 Å². The van der Waals surface area contributed by atoms with E-state index in [-0.39, 0.29) is 22.8 Å². The van der Waals surface area contributed by atoms with Crippen LogP contribution >= 0.6 is 0 Å². The van der Waals surface area contributed by atoms with Gasteiger partial charge >= 0.3 is 6.18 Å². The molecule has 0 aliphatic carbocycles. The number of methoxy groups -OCH3 is 1. The molecular weight excluding hydrogens is 405 g/mol. The quantitative estimate of drug-likeness (QED) is 0.488. The number of hydrogen-bond donors (Lipinski definition) is 1. The number of benzene rings is 2. The minimum absolute atomic E-state index is 0.0495. The second kappa shape index (κ2) is 7.85. The number of aromatic nitrogens is 2. The minimum Gasteiger partial charge on any atom is -0.495 e. The number of ether oxygens (including phenoxy) is 1. The summed E-state index contributed by atoms with van der Waals surface area (Å²) in [5.41, 5.74) is -1.55. The normalized spacial score (nSPS) is 11.2. The summed E-state index contributed by atoms with van der Waals surface area (Å²) in [6, 6.07) is 9.50. The van der Waals surface area contributed by atoms with Gasteiger partial charge in [0.05, 0.1) is 35.2 Å². The van der Waals surface area contributed by atoms with Crippen LogP contribution in [-0.4, -0.2) is 27.7 Å². The number of nitro groups is 1. The molecule has 2 aromatic carbocycles. The number of non-ortho nitro benzene ring substituents is 1. The van der Waals surface area contributed by atoms with Crippen molar-refractivity contribution < 1.29 is 27.6 Å². The standard InChI is InChI=1S/C19H15F3N4O4/c1-11-3-5-12(6-4-11)25-17(19(20,21)22)14(10-23-25)18(27)24-15-9-13(26(28)29)7-8-16(15)30-2/h3-10H,1-2H3,(H,24,27). The number of alkyl halides is 3. The molecule has 0 bridgehead atoms. The van der Waals surface area contributed by atoms with Gasteiger partial charge in [-0.15, -0.1) is 0 Å². The van der Waals surface area contributed by atoms with Crippen LogP contribution in [0, 0.1) is 17.0 Å². The van der Waals surface area contributed by atoms with E-state index >= 15 is 0 Å². The predicted molar refractivity (Wildman–Crippen MR) is 101 cm³/mol. The fourth-order valence-electron chi connectivity index (χ4n) is 2.77. The topological polar surface area (TPSA) is 99.3 Å². The summed E-state index contributed by atoms with van der Waals surface area (Å²) >= 11 is 0. The molecule has 1 amide bonds. The van der Waals surface area contributed by atoms with Gasteiger partial charge in [-0.05, 0) is 25.1 Å². The van der Waals surface area contributed by atoms with E-state index in [1.54, 1.807) is 19.1 Å². The lowest BCUT2D eigenvalue weighted by Gasteiger charge is -2.14. The Bertz CT molecular complexity index is 1110. The Morgan fingerprint density at radius 2 is 1.87 bits per heavy atom. The Balaban J connectivity index is 2.04. The first-order valence-corrected chi connectivity index (χ1v) is 8.48. The van der Waals surface area contributed by atoms with E-state index in [4.69, 9.17) is 4.74 Å². The van der Waals surface area contributed by atoms with Crippen LogP contribution < -0.4 is 10.1 Å². The number of amides is 1. The molecule has 0 spiro atoms. The highest BCUT2D eigenvalue weighted by Crippen LogP contribution is 2.35. The lowest BCUT2D eigenvalue weighted by molar-refractivity contribution is -0.384. The van der Waals surface area contributed by atoms with Crippen LogP contribution in [0.1, 0.15) is 21.6 Å². The molecule has 8 nitrogen and oxygen atoms in total. The van der Waals surface area contributed by atoms with Crippen LogP contribution in [0.15, 0.2) is 48.7 Å². The molecule has 3 aromatic rings. The van der Waals surface area contributed by atoms with Gasteiger partial charge in [-0.2, -0.15) is 18.3 Å². The zero-order valence-corrected chi connectivity index (χ0v) is 15.7. The zero-order chi connectivity index (χ0) is 22.1. The van der Waals surface area contributed by atoms with Crippen molar-refractivity contribution in [2.75, 3.05) is 12.4 Å². The van der Waals surface area contributed by atoms with Crippen LogP contribution in [0.4, 0.5) is 24.5 Å². The van der Waals surface area contributed by atoms with Crippen LogP contribution in [0.5, 0.6) is 5.75 Å². The highest BCUT2D eigenvalue weighted by atomic mass is 19.4. The van der Waals surface area contributed by atoms with Crippen molar-refractivity contribution in [3.05, 3.63) is 75.6 Å². The van der Waals surface area contributed by atoms with E-state index in [0.717, 1.165) is 23.9 Å². The average Bonchev–Trinajstić information content (AvgIpc) is 3.14. The number of nitrogens with zero attached hydrogens (tertiary/aromatic N) is 3. The number of hydrogen-bond acceptors (Lipinski definition) is 5. The lowest BCUT2D eigenvalue weighted by atomic mass is 10.2. The fourth-order valence-corrected chi connectivity index (χ4v) is 2.77. The molecule has 0 aliphatic heterocycles. The number of rotatable bonds is 5. The SMILES string of the molecule is COc1ccc([N+](=O)[O-])cc1NC(=O)c1cnn(-c2ccc(C)cc2)c1C(F)(F)F. The molecule has 1 N–H and O–H groups in total. The van der Waals surface area contributed by atoms with E-state index in [2.05, 4.69) is 10.4 Å². The number of carbonyl (C=O) groups excluding carboxylic acids is 1. The maximum atomic E-state index is 13.8. The van der Waals surface area contributed by atoms with Gasteiger partial charge < -0.3 is 10.1 Å². The zero-order valence-electron chi connectivity index (χ0n) is 15.7. The van der Waals surface area contributed by atoms with Gasteiger partial charge in [-0.3, -0.25) is 14.9 Å². The molecule has 0 atom stereocenters. The summed E-state index contributed by atoms with van der Waals surface area (Å²) in [5.74, 6) is -1.09. The Morgan fingerprint density at radius 1 is 1.20 bits per heavy atom. The van der Waals surface area contributed by atoms with Crippen LogP contribution in [0.3, 0.4) is 0 Å². The second-order valence-electron chi connectivity index (χ2n) is 6.25. The van der Waals surface area contributed by atoms with Crippen molar-refractivity contribution in [1.82, 2.24) is 9.78 Å². The van der Waals surface area contributed by atoms with Gasteiger partial charge in [0.15, 0.2) is 5.69 Å². The summed E-state index contributed by atoms with van der Waals surface area (Å²) in [6.07, 6.45) is -4.09. The van der Waals surface area contributed by atoms with Crippen molar-refractivity contribution in [2.45, 2.75) is 13.1 Å². The molecule has 1 heterocycles. The molecule has 3 rings (SSSR count). The van der Waals surface area contributed by atoms with Crippen molar-refractivity contribution in [3.8, 4) is 11.4 Å². The van der Waals surface area contributed by atoms with Gasteiger partial charge in [0, 0.05) is 12.1 Å². The number of anilines is 1. The predicted octanol–water partition coefficient (Wildman–Crippen LogP) is 4.37. The third kappa shape index (κ3) is 4.09. The van der Waals surface area contributed by atoms with Gasteiger partial charge in [0.25, 0.3) is 11.6 Å². The molecule has 156 valence electrons. The Morgan fingerprint density at radius 3 is 2.43 bits per heavy atom. The van der Waals surface area contributed by atoms with Crippen LogP contribution in [0.2, 0.25) is 0 Å². The van der Waals surface area contributed by atoms with Crippen LogP contribution in [0.25, 0.3) is 5.69 Å². The molecule has 11 heteroatoms. The number of aryl methyl sites for hydroxylation is 1. The summed E-state index contributed by atoms with van der Waals surface area (Å²) in [4.78, 5) is 22.9. The maximum Gasteiger partial charge on any atom is 0.434 e. The highest BCUT2D eigenvalue weighted by molar-refractivity contribution is 6.06. The van der Waals surface area contributed by atoms with Crippen LogP contribution in [-0.2, 0) is 6.18 Å². The smallest absolute Gasteiger partial charge is 0.434 e. The molecule has 0 fully saturated rings. The monoisotopic (exact) mass is 420 g/mol. The molecule has 0 saturated heterocycles. The lowest BCUT2D eigenvalue weighted by Crippen LogP contribution is -2.21. The van der Waals surface area contributed by atoms with E-state index in [9.17, 15) is 28.1 Å². The van der Waals surface area contributed by atoms with Gasteiger partial charge in [-0.1, -0.05) is 17.7 Å². The first-order valence-electron chi connectivity index (χ1n) is 8.48. The number of nitro benzene ring substituents is 1. The number of nitrogens with one attached hydrogen (secondary N) is 1. The summed E-state index contributed by atoms with van der Waals surface area (Å²) < 4.78 is 46.9. The second-order valence-corrected chi connectivity index (χ2v) is 6.25. The summed E-state index contributed by atoms with van der Waals surface area (Å²) in [5, 5.41) is 16.9. The highest BCUT2D eigenvalue weighted by Gasteiger charge is 2.40. The molecule has 0 unspecified atom stereocenters. The first-order chi connectivity index (χ1) is 14.1. The average molecular weight is 420 g/mol. The third-order valence-electron chi connectivity index (χ3n) is 4.20. The van der Waals surface area contributed by atoms with Crippen molar-refractivity contribution in [3.63, 3.8) is 0 Å². The summed E-state index contributed by atoms with van der Waals surface area (Å²) in [7, 11) is 1.26. The minimum atomic E-state index is -4.89. The number of halogens is 3. The fraction of sp³-hybridized carbons (Fsp3) is 0.158. The maximum absolute atomic E-state index is 13.8. The van der Waals surface area contributed by atoms with Crippen molar-refractivity contribution in [1.29, 1.82) is 0 Å². The first kappa shape index (κ1) is 20.8. The number of carbonyl (C=O) groups is 1. The van der Waals surface area contributed by atoms with E-state index in [0.29, 0.717) is 4.68 Å². The van der Waals surface area contributed by atoms with Gasteiger partial charge in [-0.25, -0.2) is 4.68 Å².